The Morgan fingerprint density at radius 2 is 1.78 bits per heavy atom. The molecule has 2 heterocycles. The van der Waals surface area contributed by atoms with Crippen LogP contribution in [0.4, 0.5) is 10.1 Å². The number of ether oxygens (including phenoxy) is 2. The van der Waals surface area contributed by atoms with Crippen LogP contribution in [0.3, 0.4) is 0 Å². The van der Waals surface area contributed by atoms with Gasteiger partial charge in [-0.25, -0.2) is 28.5 Å². The number of aromatic nitrogens is 4. The van der Waals surface area contributed by atoms with Gasteiger partial charge in [0.15, 0.2) is 11.6 Å². The van der Waals surface area contributed by atoms with Gasteiger partial charge >= 0.3 is 11.4 Å². The molecule has 192 valence electrons. The summed E-state index contributed by atoms with van der Waals surface area (Å²) in [5, 5.41) is 0.542. The molecule has 0 spiro atoms. The molecule has 0 aliphatic rings. The third-order valence-corrected chi connectivity index (χ3v) is 5.64. The highest BCUT2D eigenvalue weighted by molar-refractivity contribution is 6.30. The minimum Gasteiger partial charge on any atom is -0.488 e. The van der Waals surface area contributed by atoms with Crippen LogP contribution in [-0.4, -0.2) is 31.9 Å². The Kier molecular flexibility index (Phi) is 7.58. The molecule has 11 heteroatoms. The lowest BCUT2D eigenvalue weighted by Crippen LogP contribution is -2.53. The highest BCUT2D eigenvalue weighted by atomic mass is 35.5. The smallest absolute Gasteiger partial charge is 0.340 e. The van der Waals surface area contributed by atoms with Crippen molar-refractivity contribution in [3.8, 4) is 17.3 Å². The number of hydrogen-bond donors (Lipinski definition) is 0. The van der Waals surface area contributed by atoms with Gasteiger partial charge in [0.05, 0.1) is 37.3 Å². The number of rotatable bonds is 7. The first-order valence-electron chi connectivity index (χ1n) is 11.4. The fourth-order valence-electron chi connectivity index (χ4n) is 3.62. The number of nitrogens with zero attached hydrogens (tertiary/aromatic N) is 5. The van der Waals surface area contributed by atoms with E-state index in [0.29, 0.717) is 10.9 Å². The van der Waals surface area contributed by atoms with Crippen molar-refractivity contribution in [2.24, 2.45) is 12.0 Å². The molecule has 0 amide bonds. The van der Waals surface area contributed by atoms with E-state index >= 15 is 0 Å². The predicted octanol–water partition coefficient (Wildman–Crippen LogP) is 3.60. The third-order valence-electron chi connectivity index (χ3n) is 5.39. The topological polar surface area (TPSA) is 92.6 Å². The van der Waals surface area contributed by atoms with Crippen molar-refractivity contribution in [3.63, 3.8) is 0 Å². The van der Waals surface area contributed by atoms with Crippen LogP contribution in [0.2, 0.25) is 5.02 Å². The van der Waals surface area contributed by atoms with Gasteiger partial charge in [-0.1, -0.05) is 23.7 Å². The highest BCUT2D eigenvalue weighted by Crippen LogP contribution is 2.23. The lowest BCUT2D eigenvalue weighted by molar-refractivity contribution is 0.231. The normalized spacial score (nSPS) is 11.7. The Balaban J connectivity index is 1.95. The summed E-state index contributed by atoms with van der Waals surface area (Å²) in [6.07, 6.45) is 1.16. The fourth-order valence-corrected chi connectivity index (χ4v) is 3.75. The van der Waals surface area contributed by atoms with Crippen LogP contribution in [0, 0.1) is 5.82 Å². The lowest BCUT2D eigenvalue weighted by atomic mass is 10.2. The van der Waals surface area contributed by atoms with Crippen molar-refractivity contribution in [2.75, 3.05) is 7.11 Å². The molecule has 0 fully saturated rings. The van der Waals surface area contributed by atoms with Crippen LogP contribution in [0.15, 0.2) is 75.4 Å². The average molecular weight is 526 g/mol. The second-order valence-corrected chi connectivity index (χ2v) is 8.86. The van der Waals surface area contributed by atoms with E-state index < -0.39 is 17.2 Å². The van der Waals surface area contributed by atoms with Gasteiger partial charge in [-0.15, -0.1) is 0 Å². The number of hydrogen-bond acceptors (Lipinski definition) is 6. The van der Waals surface area contributed by atoms with Gasteiger partial charge in [-0.05, 0) is 49.7 Å². The zero-order valence-electron chi connectivity index (χ0n) is 20.7. The van der Waals surface area contributed by atoms with Gasteiger partial charge in [0.25, 0.3) is 0 Å². The van der Waals surface area contributed by atoms with Crippen molar-refractivity contribution in [3.05, 3.63) is 104 Å². The Labute approximate surface area is 216 Å². The molecule has 0 unspecified atom stereocenters. The maximum Gasteiger partial charge on any atom is 0.340 e. The Morgan fingerprint density at radius 3 is 2.38 bits per heavy atom. The molecule has 0 saturated carbocycles. The van der Waals surface area contributed by atoms with Gasteiger partial charge in [-0.2, -0.15) is 0 Å². The second kappa shape index (κ2) is 10.8. The van der Waals surface area contributed by atoms with Crippen LogP contribution in [-0.2, 0) is 13.6 Å². The number of pyridine rings is 1. The molecule has 0 atom stereocenters. The van der Waals surface area contributed by atoms with Crippen molar-refractivity contribution >= 4 is 17.3 Å². The molecule has 0 aliphatic heterocycles. The molecule has 2 aromatic carbocycles. The largest absolute Gasteiger partial charge is 0.488 e. The lowest BCUT2D eigenvalue weighted by Gasteiger charge is -2.15. The maximum absolute atomic E-state index is 14.6. The molecule has 0 aliphatic carbocycles. The molecule has 2 aromatic heterocycles. The molecule has 4 rings (SSSR count). The van der Waals surface area contributed by atoms with Crippen LogP contribution >= 0.6 is 11.6 Å². The van der Waals surface area contributed by atoms with Crippen molar-refractivity contribution in [2.45, 2.75) is 26.5 Å². The first-order valence-corrected chi connectivity index (χ1v) is 11.7. The molecule has 0 saturated heterocycles. The summed E-state index contributed by atoms with van der Waals surface area (Å²) < 4.78 is 28.7. The minimum atomic E-state index is -0.650. The zero-order chi connectivity index (χ0) is 26.7. The van der Waals surface area contributed by atoms with Crippen molar-refractivity contribution in [1.82, 2.24) is 18.7 Å². The summed E-state index contributed by atoms with van der Waals surface area (Å²) in [6, 6.07) is 14.2. The quantitative estimate of drug-likeness (QED) is 0.367. The van der Waals surface area contributed by atoms with Crippen LogP contribution in [0.5, 0.6) is 11.6 Å². The summed E-state index contributed by atoms with van der Waals surface area (Å²) in [5.74, 6) is -0.192. The summed E-state index contributed by atoms with van der Waals surface area (Å²) in [6.45, 7) is 3.66. The number of benzene rings is 2. The van der Waals surface area contributed by atoms with E-state index in [1.54, 1.807) is 56.3 Å². The van der Waals surface area contributed by atoms with Crippen LogP contribution in [0.1, 0.15) is 19.4 Å². The fraction of sp³-hybridized carbons (Fsp3) is 0.231. The van der Waals surface area contributed by atoms with E-state index in [1.807, 2.05) is 0 Å². The van der Waals surface area contributed by atoms with Gasteiger partial charge in [0.1, 0.15) is 0 Å². The third kappa shape index (κ3) is 5.64. The summed E-state index contributed by atoms with van der Waals surface area (Å²) in [4.78, 5) is 35.6. The highest BCUT2D eigenvalue weighted by Gasteiger charge is 2.16. The van der Waals surface area contributed by atoms with E-state index in [-0.39, 0.29) is 35.4 Å². The molecule has 0 N–H and O–H groups in total. The minimum absolute atomic E-state index is 0.0274. The first kappa shape index (κ1) is 25.9. The van der Waals surface area contributed by atoms with E-state index in [4.69, 9.17) is 21.1 Å². The van der Waals surface area contributed by atoms with Gasteiger partial charge < -0.3 is 9.47 Å². The Morgan fingerprint density at radius 1 is 1.05 bits per heavy atom. The van der Waals surface area contributed by atoms with Gasteiger partial charge in [-0.3, -0.25) is 9.13 Å². The summed E-state index contributed by atoms with van der Waals surface area (Å²) >= 11 is 6.02. The summed E-state index contributed by atoms with van der Waals surface area (Å²) in [5.41, 5.74) is -0.0689. The number of halogens is 2. The number of methoxy groups -OCH3 is 1. The van der Waals surface area contributed by atoms with Crippen LogP contribution in [0.25, 0.3) is 5.69 Å². The van der Waals surface area contributed by atoms with E-state index in [9.17, 15) is 14.0 Å². The van der Waals surface area contributed by atoms with Gasteiger partial charge in [0, 0.05) is 24.2 Å². The molecule has 0 radical (unpaired) electrons. The molecular weight excluding hydrogens is 501 g/mol. The Hall–Kier alpha value is -4.18. The van der Waals surface area contributed by atoms with E-state index in [1.165, 1.54) is 41.6 Å². The maximum atomic E-state index is 14.6. The molecule has 37 heavy (non-hydrogen) atoms. The SMILES string of the molecule is COc1ccc(-n2c(=O)n(C)c(=Nc3ccc(OC(C)C)c(F)c3)n(Cc3ccc(Cl)cc3)c2=O)cn1. The molecule has 4 aromatic rings. The zero-order valence-corrected chi connectivity index (χ0v) is 21.4. The molecule has 9 nitrogen and oxygen atoms in total. The second-order valence-electron chi connectivity index (χ2n) is 8.42. The van der Waals surface area contributed by atoms with Crippen LogP contribution < -0.4 is 26.5 Å². The molecular formula is C26H25ClFN5O4. The average Bonchev–Trinajstić information content (AvgIpc) is 2.87. The monoisotopic (exact) mass is 525 g/mol. The summed E-state index contributed by atoms with van der Waals surface area (Å²) in [7, 11) is 2.95. The first-order chi connectivity index (χ1) is 17.7. The van der Waals surface area contributed by atoms with Gasteiger partial charge in [0.2, 0.25) is 11.5 Å². The van der Waals surface area contributed by atoms with Crippen molar-refractivity contribution < 1.29 is 13.9 Å². The van der Waals surface area contributed by atoms with Crippen molar-refractivity contribution in [1.29, 1.82) is 0 Å². The van der Waals surface area contributed by atoms with E-state index in [2.05, 4.69) is 9.98 Å². The molecule has 0 bridgehead atoms. The standard InChI is InChI=1S/C26H25ClFN5O4/c1-16(2)37-22-11-9-19(13-21(22)28)30-24-31(3)25(34)33(20-10-12-23(36-4)29-14-20)26(35)32(24)15-17-5-7-18(27)8-6-17/h5-14,16H,15H2,1-4H3. The predicted molar refractivity (Wildman–Crippen MR) is 138 cm³/mol. The van der Waals surface area contributed by atoms with E-state index in [0.717, 1.165) is 10.1 Å². The Bertz CT molecular complexity index is 1610.